The van der Waals surface area contributed by atoms with E-state index in [0.29, 0.717) is 23.2 Å². The van der Waals surface area contributed by atoms with Crippen LogP contribution in [-0.4, -0.2) is 29.5 Å². The van der Waals surface area contributed by atoms with Crippen molar-refractivity contribution in [2.45, 2.75) is 6.92 Å². The van der Waals surface area contributed by atoms with E-state index in [0.717, 1.165) is 60.9 Å². The Morgan fingerprint density at radius 2 is 0.942 bits per heavy atom. The Bertz CT molecular complexity index is 2930. The molecule has 6 heteroatoms. The lowest BCUT2D eigenvalue weighted by Gasteiger charge is -2.12. The van der Waals surface area contributed by atoms with E-state index in [1.54, 1.807) is 0 Å². The molecule has 244 valence electrons. The first-order valence-corrected chi connectivity index (χ1v) is 17.4. The number of hydrogen-bond acceptors (Lipinski definition) is 5. The second kappa shape index (κ2) is 12.1. The van der Waals surface area contributed by atoms with Crippen molar-refractivity contribution in [3.05, 3.63) is 169 Å². The van der Waals surface area contributed by atoms with Gasteiger partial charge in [0.2, 0.25) is 0 Å². The molecule has 0 aliphatic carbocycles. The number of nitrogens with zero attached hydrogens (tertiary/aromatic N) is 6. The minimum atomic E-state index is 0.500. The second-order valence-electron chi connectivity index (χ2n) is 13.0. The molecule has 6 nitrogen and oxygen atoms in total. The van der Waals surface area contributed by atoms with E-state index in [-0.39, 0.29) is 0 Å². The average Bonchev–Trinajstić information content (AvgIpc) is 3.55. The van der Waals surface area contributed by atoms with Crippen LogP contribution in [0, 0.1) is 6.92 Å². The molecule has 0 N–H and O–H groups in total. The van der Waals surface area contributed by atoms with Gasteiger partial charge in [0.05, 0.1) is 27.8 Å². The van der Waals surface area contributed by atoms with Gasteiger partial charge in [-0.25, -0.2) is 24.9 Å². The normalized spacial score (nSPS) is 11.6. The van der Waals surface area contributed by atoms with Gasteiger partial charge in [-0.05, 0) is 48.9 Å². The molecule has 0 bridgehead atoms. The second-order valence-corrected chi connectivity index (χ2v) is 13.0. The lowest BCUT2D eigenvalue weighted by Crippen LogP contribution is -2.02. The SMILES string of the molecule is Cc1ccccc1-c1ccc2ccc3ccc(-c4nc(-c5ccccc5)nc(-c5cccc(-n6c7ccccc7c7ccccc76)c5)n4)nc3c2n1. The molecule has 6 aromatic carbocycles. The van der Waals surface area contributed by atoms with E-state index >= 15 is 0 Å². The summed E-state index contributed by atoms with van der Waals surface area (Å²) in [7, 11) is 0. The lowest BCUT2D eigenvalue weighted by atomic mass is 10.0. The fourth-order valence-corrected chi connectivity index (χ4v) is 7.22. The summed E-state index contributed by atoms with van der Waals surface area (Å²) in [5.41, 5.74) is 10.6. The van der Waals surface area contributed by atoms with Gasteiger partial charge in [-0.1, -0.05) is 127 Å². The van der Waals surface area contributed by atoms with Gasteiger partial charge in [0.25, 0.3) is 0 Å². The fourth-order valence-electron chi connectivity index (χ4n) is 7.22. The topological polar surface area (TPSA) is 69.4 Å². The Morgan fingerprint density at radius 3 is 1.65 bits per heavy atom. The van der Waals surface area contributed by atoms with Gasteiger partial charge in [-0.15, -0.1) is 0 Å². The fraction of sp³-hybridized carbons (Fsp3) is 0.0217. The number of para-hydroxylation sites is 2. The first-order chi connectivity index (χ1) is 25.7. The van der Waals surface area contributed by atoms with Crippen molar-refractivity contribution in [3.63, 3.8) is 0 Å². The molecule has 10 aromatic rings. The summed E-state index contributed by atoms with van der Waals surface area (Å²) in [6.07, 6.45) is 0. The van der Waals surface area contributed by atoms with Crippen LogP contribution in [0.25, 0.3) is 94.9 Å². The minimum absolute atomic E-state index is 0.500. The summed E-state index contributed by atoms with van der Waals surface area (Å²) >= 11 is 0. The quantitative estimate of drug-likeness (QED) is 0.171. The molecule has 0 spiro atoms. The van der Waals surface area contributed by atoms with Gasteiger partial charge < -0.3 is 4.57 Å². The maximum Gasteiger partial charge on any atom is 0.182 e. The molecule has 0 atom stereocenters. The molecule has 0 amide bonds. The van der Waals surface area contributed by atoms with E-state index in [1.165, 1.54) is 16.3 Å². The number of rotatable bonds is 5. The van der Waals surface area contributed by atoms with Crippen LogP contribution in [0.2, 0.25) is 0 Å². The monoisotopic (exact) mass is 666 g/mol. The molecule has 0 saturated heterocycles. The smallest absolute Gasteiger partial charge is 0.182 e. The zero-order valence-electron chi connectivity index (χ0n) is 28.3. The molecule has 10 rings (SSSR count). The van der Waals surface area contributed by atoms with Crippen molar-refractivity contribution < 1.29 is 0 Å². The third-order valence-electron chi connectivity index (χ3n) is 9.78. The molecule has 0 radical (unpaired) electrons. The molecule has 0 aliphatic heterocycles. The van der Waals surface area contributed by atoms with Gasteiger partial charge in [-0.3, -0.25) is 0 Å². The predicted molar refractivity (Wildman–Crippen MR) is 211 cm³/mol. The molecular weight excluding hydrogens is 637 g/mol. The van der Waals surface area contributed by atoms with Crippen LogP contribution >= 0.6 is 0 Å². The van der Waals surface area contributed by atoms with Crippen LogP contribution in [0.1, 0.15) is 5.56 Å². The van der Waals surface area contributed by atoms with Crippen molar-refractivity contribution >= 4 is 43.6 Å². The zero-order chi connectivity index (χ0) is 34.6. The van der Waals surface area contributed by atoms with Crippen LogP contribution in [0.15, 0.2) is 164 Å². The summed E-state index contributed by atoms with van der Waals surface area (Å²) in [6.45, 7) is 2.11. The summed E-state index contributed by atoms with van der Waals surface area (Å²) in [5, 5.41) is 4.46. The van der Waals surface area contributed by atoms with E-state index in [4.69, 9.17) is 24.9 Å². The van der Waals surface area contributed by atoms with Crippen molar-refractivity contribution in [2.75, 3.05) is 0 Å². The first kappa shape index (κ1) is 29.8. The highest BCUT2D eigenvalue weighted by molar-refractivity contribution is 6.09. The third kappa shape index (κ3) is 5.00. The first-order valence-electron chi connectivity index (χ1n) is 17.4. The third-order valence-corrected chi connectivity index (χ3v) is 9.78. The van der Waals surface area contributed by atoms with E-state index in [2.05, 4.69) is 139 Å². The Hall–Kier alpha value is -7.05. The number of aromatic nitrogens is 6. The van der Waals surface area contributed by atoms with E-state index in [9.17, 15) is 0 Å². The Balaban J connectivity index is 1.15. The summed E-state index contributed by atoms with van der Waals surface area (Å²) in [6, 6.07) is 56.3. The largest absolute Gasteiger partial charge is 0.309 e. The highest BCUT2D eigenvalue weighted by Crippen LogP contribution is 2.34. The van der Waals surface area contributed by atoms with Crippen LogP contribution in [0.3, 0.4) is 0 Å². The molecular formula is C46H30N6. The van der Waals surface area contributed by atoms with Crippen LogP contribution in [-0.2, 0) is 0 Å². The minimum Gasteiger partial charge on any atom is -0.309 e. The van der Waals surface area contributed by atoms with Crippen molar-refractivity contribution in [2.24, 2.45) is 0 Å². The molecule has 0 saturated carbocycles. The summed E-state index contributed by atoms with van der Waals surface area (Å²) in [4.78, 5) is 25.5. The standard InChI is InChI=1S/C46H30N6/c1-29-12-5-6-17-35(29)38-26-24-30-22-23-31-25-27-39(48-43(31)42(30)47-38)46-50-44(32-13-3-2-4-14-32)49-45(51-46)33-15-11-16-34(28-33)52-40-20-9-7-18-36(40)37-19-8-10-21-41(37)52/h2-28H,1H3. The molecule has 0 fully saturated rings. The Labute approximate surface area is 299 Å². The highest BCUT2D eigenvalue weighted by Gasteiger charge is 2.17. The number of pyridine rings is 2. The van der Waals surface area contributed by atoms with Crippen LogP contribution < -0.4 is 0 Å². The van der Waals surface area contributed by atoms with Crippen molar-refractivity contribution in [1.29, 1.82) is 0 Å². The average molecular weight is 667 g/mol. The number of aryl methyl sites for hydroxylation is 1. The predicted octanol–water partition coefficient (Wildman–Crippen LogP) is 11.0. The number of hydrogen-bond donors (Lipinski definition) is 0. The molecule has 52 heavy (non-hydrogen) atoms. The van der Waals surface area contributed by atoms with Gasteiger partial charge in [0.15, 0.2) is 17.5 Å². The molecule has 4 aromatic heterocycles. The van der Waals surface area contributed by atoms with Gasteiger partial charge >= 0.3 is 0 Å². The molecule has 0 unspecified atom stereocenters. The van der Waals surface area contributed by atoms with Crippen LogP contribution in [0.4, 0.5) is 0 Å². The molecule has 4 heterocycles. The highest BCUT2D eigenvalue weighted by atomic mass is 15.1. The molecule has 0 aliphatic rings. The van der Waals surface area contributed by atoms with Crippen molar-refractivity contribution in [1.82, 2.24) is 29.5 Å². The number of fused-ring (bicyclic) bond motifs is 6. The Kier molecular flexibility index (Phi) is 6.93. The van der Waals surface area contributed by atoms with Gasteiger partial charge in [-0.2, -0.15) is 0 Å². The Morgan fingerprint density at radius 1 is 0.404 bits per heavy atom. The van der Waals surface area contributed by atoms with E-state index in [1.807, 2.05) is 36.4 Å². The van der Waals surface area contributed by atoms with Crippen molar-refractivity contribution in [3.8, 4) is 51.2 Å². The summed E-state index contributed by atoms with van der Waals surface area (Å²) < 4.78 is 2.31. The van der Waals surface area contributed by atoms with Crippen LogP contribution in [0.5, 0.6) is 0 Å². The summed E-state index contributed by atoms with van der Waals surface area (Å²) in [5.74, 6) is 1.66. The maximum atomic E-state index is 5.21. The van der Waals surface area contributed by atoms with Gasteiger partial charge in [0.1, 0.15) is 5.69 Å². The zero-order valence-corrected chi connectivity index (χ0v) is 28.3. The lowest BCUT2D eigenvalue weighted by molar-refractivity contribution is 1.06. The van der Waals surface area contributed by atoms with Gasteiger partial charge in [0, 0.05) is 43.9 Å². The maximum absolute atomic E-state index is 5.21. The number of benzene rings is 6. The van der Waals surface area contributed by atoms with E-state index < -0.39 is 0 Å².